The number of hydrogen-bond donors (Lipinski definition) is 0. The highest BCUT2D eigenvalue weighted by Gasteiger charge is 2.10. The fourth-order valence-corrected chi connectivity index (χ4v) is 1.68. The first kappa shape index (κ1) is 12.7. The summed E-state index contributed by atoms with van der Waals surface area (Å²) in [5.74, 6) is 0. The third-order valence-electron chi connectivity index (χ3n) is 2.47. The lowest BCUT2D eigenvalue weighted by Crippen LogP contribution is -2.16. The van der Waals surface area contributed by atoms with Gasteiger partial charge in [-0.3, -0.25) is 0 Å². The summed E-state index contributed by atoms with van der Waals surface area (Å²) in [6.45, 7) is 3.98. The minimum atomic E-state index is 0.358. The quantitative estimate of drug-likeness (QED) is 0.715. The summed E-state index contributed by atoms with van der Waals surface area (Å²) in [5.41, 5.74) is 1.93. The highest BCUT2D eigenvalue weighted by atomic mass is 15.4. The topological polar surface area (TPSA) is 57.7 Å². The standard InChI is InChI=1S/C11H19N5/c1-4-11-10(6-7-12)13-14-16(11)9-5-8-15(2)3/h4-6,8-9H2,1-3H3. The lowest BCUT2D eigenvalue weighted by atomic mass is 10.2. The molecule has 16 heavy (non-hydrogen) atoms. The van der Waals surface area contributed by atoms with E-state index in [9.17, 15) is 0 Å². The zero-order chi connectivity index (χ0) is 12.0. The van der Waals surface area contributed by atoms with Gasteiger partial charge in [-0.1, -0.05) is 12.1 Å². The molecule has 0 aliphatic rings. The van der Waals surface area contributed by atoms with Crippen molar-refractivity contribution in [2.24, 2.45) is 0 Å². The zero-order valence-corrected chi connectivity index (χ0v) is 10.3. The van der Waals surface area contributed by atoms with E-state index in [2.05, 4.69) is 42.3 Å². The molecule has 5 nitrogen and oxygen atoms in total. The van der Waals surface area contributed by atoms with Gasteiger partial charge in [0.05, 0.1) is 23.9 Å². The van der Waals surface area contributed by atoms with E-state index in [1.54, 1.807) is 0 Å². The summed E-state index contributed by atoms with van der Waals surface area (Å²) in [6, 6.07) is 2.12. The molecule has 0 spiro atoms. The summed E-state index contributed by atoms with van der Waals surface area (Å²) in [5, 5.41) is 16.8. The average molecular weight is 221 g/mol. The van der Waals surface area contributed by atoms with Crippen molar-refractivity contribution in [3.8, 4) is 6.07 Å². The number of nitriles is 1. The largest absolute Gasteiger partial charge is 0.309 e. The van der Waals surface area contributed by atoms with Crippen LogP contribution in [0.5, 0.6) is 0 Å². The Bertz CT molecular complexity index is 361. The highest BCUT2D eigenvalue weighted by Crippen LogP contribution is 2.07. The molecule has 0 radical (unpaired) electrons. The maximum atomic E-state index is 8.66. The molecule has 0 aromatic carbocycles. The maximum Gasteiger partial charge on any atom is 0.0999 e. The van der Waals surface area contributed by atoms with E-state index in [0.717, 1.165) is 37.3 Å². The van der Waals surface area contributed by atoms with Gasteiger partial charge in [-0.2, -0.15) is 5.26 Å². The Labute approximate surface area is 96.7 Å². The number of nitrogens with zero attached hydrogens (tertiary/aromatic N) is 5. The van der Waals surface area contributed by atoms with E-state index in [-0.39, 0.29) is 0 Å². The van der Waals surface area contributed by atoms with E-state index in [0.29, 0.717) is 6.42 Å². The van der Waals surface area contributed by atoms with Crippen LogP contribution in [0, 0.1) is 11.3 Å². The predicted octanol–water partition coefficient (Wildman–Crippen LogP) is 0.858. The second-order valence-corrected chi connectivity index (χ2v) is 4.05. The van der Waals surface area contributed by atoms with Crippen LogP contribution in [0.3, 0.4) is 0 Å². The van der Waals surface area contributed by atoms with Gasteiger partial charge in [-0.15, -0.1) is 5.10 Å². The molecule has 0 N–H and O–H groups in total. The van der Waals surface area contributed by atoms with Gasteiger partial charge in [0.2, 0.25) is 0 Å². The van der Waals surface area contributed by atoms with Crippen LogP contribution in [0.1, 0.15) is 24.7 Å². The van der Waals surface area contributed by atoms with Crippen molar-refractivity contribution in [2.45, 2.75) is 32.7 Å². The lowest BCUT2D eigenvalue weighted by Gasteiger charge is -2.10. The van der Waals surface area contributed by atoms with Crippen molar-refractivity contribution in [1.82, 2.24) is 19.9 Å². The van der Waals surface area contributed by atoms with Gasteiger partial charge in [0, 0.05) is 6.54 Å². The maximum absolute atomic E-state index is 8.66. The molecule has 88 valence electrons. The van der Waals surface area contributed by atoms with Crippen LogP contribution < -0.4 is 0 Å². The second-order valence-electron chi connectivity index (χ2n) is 4.05. The molecule has 0 bridgehead atoms. The molecule has 0 saturated heterocycles. The molecule has 0 aliphatic heterocycles. The first-order chi connectivity index (χ1) is 7.69. The fourth-order valence-electron chi connectivity index (χ4n) is 1.68. The Hall–Kier alpha value is -1.41. The van der Waals surface area contributed by atoms with Gasteiger partial charge in [0.1, 0.15) is 0 Å². The normalized spacial score (nSPS) is 10.7. The number of aromatic nitrogens is 3. The number of rotatable bonds is 6. The van der Waals surface area contributed by atoms with E-state index in [4.69, 9.17) is 5.26 Å². The summed E-state index contributed by atoms with van der Waals surface area (Å²) >= 11 is 0. The van der Waals surface area contributed by atoms with Gasteiger partial charge in [0.15, 0.2) is 0 Å². The van der Waals surface area contributed by atoms with Crippen LogP contribution in [0.2, 0.25) is 0 Å². The molecule has 0 atom stereocenters. The Morgan fingerprint density at radius 3 is 2.75 bits per heavy atom. The van der Waals surface area contributed by atoms with Gasteiger partial charge in [0.25, 0.3) is 0 Å². The van der Waals surface area contributed by atoms with Gasteiger partial charge >= 0.3 is 0 Å². The van der Waals surface area contributed by atoms with Gasteiger partial charge < -0.3 is 4.90 Å². The molecule has 0 saturated carbocycles. The third kappa shape index (κ3) is 3.31. The van der Waals surface area contributed by atoms with E-state index >= 15 is 0 Å². The summed E-state index contributed by atoms with van der Waals surface area (Å²) in [4.78, 5) is 2.15. The Morgan fingerprint density at radius 2 is 2.19 bits per heavy atom. The molecular formula is C11H19N5. The highest BCUT2D eigenvalue weighted by molar-refractivity contribution is 5.14. The van der Waals surface area contributed by atoms with Crippen LogP contribution >= 0.6 is 0 Å². The molecule has 1 rings (SSSR count). The SMILES string of the molecule is CCc1c(CC#N)nnn1CCCN(C)C. The van der Waals surface area contributed by atoms with Crippen LogP contribution in [-0.4, -0.2) is 40.5 Å². The molecule has 1 aromatic heterocycles. The molecule has 0 aliphatic carbocycles. The van der Waals surface area contributed by atoms with Crippen molar-refractivity contribution in [2.75, 3.05) is 20.6 Å². The minimum absolute atomic E-state index is 0.358. The number of aryl methyl sites for hydroxylation is 1. The third-order valence-corrected chi connectivity index (χ3v) is 2.47. The molecule has 0 unspecified atom stereocenters. The van der Waals surface area contributed by atoms with Crippen molar-refractivity contribution in [3.63, 3.8) is 0 Å². The number of hydrogen-bond acceptors (Lipinski definition) is 4. The van der Waals surface area contributed by atoms with Crippen molar-refractivity contribution >= 4 is 0 Å². The van der Waals surface area contributed by atoms with Crippen LogP contribution in [-0.2, 0) is 19.4 Å². The zero-order valence-electron chi connectivity index (χ0n) is 10.3. The van der Waals surface area contributed by atoms with E-state index in [1.807, 2.05) is 4.68 Å². The van der Waals surface area contributed by atoms with Crippen LogP contribution in [0.4, 0.5) is 0 Å². The van der Waals surface area contributed by atoms with E-state index in [1.165, 1.54) is 0 Å². The molecule has 0 fully saturated rings. The Morgan fingerprint density at radius 1 is 1.44 bits per heavy atom. The van der Waals surface area contributed by atoms with Gasteiger partial charge in [-0.25, -0.2) is 4.68 Å². The molecule has 1 aromatic rings. The molecule has 1 heterocycles. The Balaban J connectivity index is 2.62. The minimum Gasteiger partial charge on any atom is -0.309 e. The molecule has 5 heteroatoms. The summed E-state index contributed by atoms with van der Waals surface area (Å²) < 4.78 is 1.93. The molecular weight excluding hydrogens is 202 g/mol. The first-order valence-corrected chi connectivity index (χ1v) is 5.62. The summed E-state index contributed by atoms with van der Waals surface area (Å²) in [7, 11) is 4.12. The van der Waals surface area contributed by atoms with Crippen molar-refractivity contribution in [1.29, 1.82) is 5.26 Å². The van der Waals surface area contributed by atoms with Crippen molar-refractivity contribution in [3.05, 3.63) is 11.4 Å². The smallest absolute Gasteiger partial charge is 0.0999 e. The van der Waals surface area contributed by atoms with Crippen LogP contribution in [0.15, 0.2) is 0 Å². The van der Waals surface area contributed by atoms with Crippen LogP contribution in [0.25, 0.3) is 0 Å². The predicted molar refractivity (Wildman–Crippen MR) is 61.9 cm³/mol. The second kappa shape index (κ2) is 6.23. The first-order valence-electron chi connectivity index (χ1n) is 5.62. The average Bonchev–Trinajstić information content (AvgIpc) is 2.61. The monoisotopic (exact) mass is 221 g/mol. The lowest BCUT2D eigenvalue weighted by molar-refractivity contribution is 0.377. The van der Waals surface area contributed by atoms with E-state index < -0.39 is 0 Å². The van der Waals surface area contributed by atoms with Gasteiger partial charge in [-0.05, 0) is 33.5 Å². The summed E-state index contributed by atoms with van der Waals surface area (Å²) in [6.07, 6.45) is 2.29. The van der Waals surface area contributed by atoms with Crippen molar-refractivity contribution < 1.29 is 0 Å². The molecule has 0 amide bonds. The fraction of sp³-hybridized carbons (Fsp3) is 0.727. The Kier molecular flexibility index (Phi) is 4.93.